The van der Waals surface area contributed by atoms with Crippen molar-refractivity contribution >= 4 is 22.7 Å². The Morgan fingerprint density at radius 2 is 2.11 bits per heavy atom. The minimum Gasteiger partial charge on any atom is -0.361 e. The molecule has 5 nitrogen and oxygen atoms in total. The number of hydrogen-bond donors (Lipinski definition) is 1. The number of nitrogens with zero attached hydrogens (tertiary/aromatic N) is 2. The van der Waals surface area contributed by atoms with Gasteiger partial charge in [-0.3, -0.25) is 9.59 Å². The first-order chi connectivity index (χ1) is 13.0. The highest BCUT2D eigenvalue weighted by Crippen LogP contribution is 2.38. The highest BCUT2D eigenvalue weighted by molar-refractivity contribution is 5.95. The van der Waals surface area contributed by atoms with Gasteiger partial charge in [0.2, 0.25) is 11.8 Å². The van der Waals surface area contributed by atoms with E-state index in [1.54, 1.807) is 19.0 Å². The van der Waals surface area contributed by atoms with Gasteiger partial charge in [-0.15, -0.1) is 0 Å². The number of allylic oxidation sites excluding steroid dienone is 1. The van der Waals surface area contributed by atoms with E-state index < -0.39 is 0 Å². The maximum Gasteiger partial charge on any atom is 0.249 e. The molecule has 1 aliphatic carbocycles. The SMILES string of the molecule is CN(C)C(=O)C1=CCC[C@@H]2CN(CCc3c[nH]c4ccccc34)C(=O)C[C@H]12. The van der Waals surface area contributed by atoms with Gasteiger partial charge in [0, 0.05) is 62.2 Å². The van der Waals surface area contributed by atoms with Crippen molar-refractivity contribution in [1.82, 2.24) is 14.8 Å². The van der Waals surface area contributed by atoms with Crippen LogP contribution in [0.2, 0.25) is 0 Å². The second-order valence-electron chi connectivity index (χ2n) is 7.96. The van der Waals surface area contributed by atoms with E-state index in [1.165, 1.54) is 10.9 Å². The van der Waals surface area contributed by atoms with Gasteiger partial charge in [-0.2, -0.15) is 0 Å². The van der Waals surface area contributed by atoms with Crippen LogP contribution >= 0.6 is 0 Å². The minimum absolute atomic E-state index is 0.0599. The number of para-hydroxylation sites is 1. The maximum atomic E-state index is 12.8. The van der Waals surface area contributed by atoms with Crippen molar-refractivity contribution in [2.45, 2.75) is 25.7 Å². The second kappa shape index (κ2) is 7.22. The van der Waals surface area contributed by atoms with Gasteiger partial charge in [0.25, 0.3) is 0 Å². The molecular weight excluding hydrogens is 338 g/mol. The maximum absolute atomic E-state index is 12.8. The fourth-order valence-electron chi connectivity index (χ4n) is 4.57. The lowest BCUT2D eigenvalue weighted by Gasteiger charge is -2.41. The number of carbonyl (C=O) groups is 2. The zero-order chi connectivity index (χ0) is 19.0. The van der Waals surface area contributed by atoms with Crippen molar-refractivity contribution < 1.29 is 9.59 Å². The molecule has 1 fully saturated rings. The van der Waals surface area contributed by atoms with E-state index >= 15 is 0 Å². The Bertz CT molecular complexity index is 896. The van der Waals surface area contributed by atoms with Crippen molar-refractivity contribution in [3.8, 4) is 0 Å². The van der Waals surface area contributed by atoms with Crippen LogP contribution in [-0.4, -0.2) is 53.8 Å². The van der Waals surface area contributed by atoms with Crippen LogP contribution in [-0.2, 0) is 16.0 Å². The lowest BCUT2D eigenvalue weighted by molar-refractivity contribution is -0.137. The molecule has 0 radical (unpaired) electrons. The summed E-state index contributed by atoms with van der Waals surface area (Å²) in [4.78, 5) is 32.2. The number of likely N-dealkylation sites (tertiary alicyclic amines) is 1. The number of aromatic amines is 1. The Balaban J connectivity index is 1.44. The number of aromatic nitrogens is 1. The summed E-state index contributed by atoms with van der Waals surface area (Å²) in [6.07, 6.45) is 7.42. The highest BCUT2D eigenvalue weighted by atomic mass is 16.2. The number of rotatable bonds is 4. The summed E-state index contributed by atoms with van der Waals surface area (Å²) in [6, 6.07) is 8.28. The van der Waals surface area contributed by atoms with E-state index in [9.17, 15) is 9.59 Å². The molecule has 0 unspecified atom stereocenters. The van der Waals surface area contributed by atoms with Gasteiger partial charge >= 0.3 is 0 Å². The first-order valence-electron chi connectivity index (χ1n) is 9.79. The molecule has 2 heterocycles. The smallest absolute Gasteiger partial charge is 0.249 e. The molecule has 2 aliphatic rings. The van der Waals surface area contributed by atoms with Crippen LogP contribution in [0.1, 0.15) is 24.8 Å². The van der Waals surface area contributed by atoms with E-state index in [2.05, 4.69) is 29.4 Å². The van der Waals surface area contributed by atoms with E-state index in [1.807, 2.05) is 17.0 Å². The summed E-state index contributed by atoms with van der Waals surface area (Å²) in [5.41, 5.74) is 3.25. The lowest BCUT2D eigenvalue weighted by Crippen LogP contribution is -2.48. The van der Waals surface area contributed by atoms with Crippen molar-refractivity contribution in [3.63, 3.8) is 0 Å². The Hall–Kier alpha value is -2.56. The van der Waals surface area contributed by atoms with Gasteiger partial charge in [-0.25, -0.2) is 0 Å². The van der Waals surface area contributed by atoms with Gasteiger partial charge in [-0.1, -0.05) is 24.3 Å². The Morgan fingerprint density at radius 1 is 1.30 bits per heavy atom. The van der Waals surface area contributed by atoms with Crippen LogP contribution in [0.5, 0.6) is 0 Å². The number of amides is 2. The number of H-pyrrole nitrogens is 1. The molecule has 1 N–H and O–H groups in total. The van der Waals surface area contributed by atoms with Crippen molar-refractivity contribution in [2.75, 3.05) is 27.2 Å². The summed E-state index contributed by atoms with van der Waals surface area (Å²) in [7, 11) is 3.57. The van der Waals surface area contributed by atoms with Crippen molar-refractivity contribution in [1.29, 1.82) is 0 Å². The number of nitrogens with one attached hydrogen (secondary N) is 1. The predicted molar refractivity (Wildman–Crippen MR) is 106 cm³/mol. The molecule has 2 amide bonds. The lowest BCUT2D eigenvalue weighted by atomic mass is 9.73. The molecule has 0 saturated carbocycles. The fraction of sp³-hybridized carbons (Fsp3) is 0.455. The molecule has 0 bridgehead atoms. The fourth-order valence-corrected chi connectivity index (χ4v) is 4.57. The molecule has 1 aliphatic heterocycles. The van der Waals surface area contributed by atoms with Gasteiger partial charge in [0.05, 0.1) is 0 Å². The van der Waals surface area contributed by atoms with Crippen LogP contribution in [0.3, 0.4) is 0 Å². The first-order valence-corrected chi connectivity index (χ1v) is 9.79. The Labute approximate surface area is 160 Å². The van der Waals surface area contributed by atoms with Gasteiger partial charge in [0.1, 0.15) is 0 Å². The normalized spacial score (nSPS) is 22.5. The zero-order valence-electron chi connectivity index (χ0n) is 16.1. The number of hydrogen-bond acceptors (Lipinski definition) is 2. The molecular formula is C22H27N3O2. The summed E-state index contributed by atoms with van der Waals surface area (Å²) in [5.74, 6) is 0.722. The second-order valence-corrected chi connectivity index (χ2v) is 7.96. The molecule has 5 heteroatoms. The van der Waals surface area contributed by atoms with Crippen LogP contribution < -0.4 is 0 Å². The third-order valence-corrected chi connectivity index (χ3v) is 6.05. The number of piperidine rings is 1. The van der Waals surface area contributed by atoms with E-state index in [-0.39, 0.29) is 17.7 Å². The average molecular weight is 365 g/mol. The summed E-state index contributed by atoms with van der Waals surface area (Å²) in [6.45, 7) is 1.51. The molecule has 1 saturated heterocycles. The first kappa shape index (κ1) is 17.8. The van der Waals surface area contributed by atoms with Gasteiger partial charge in [0.15, 0.2) is 0 Å². The molecule has 0 spiro atoms. The van der Waals surface area contributed by atoms with Gasteiger partial charge in [-0.05, 0) is 36.8 Å². The highest BCUT2D eigenvalue weighted by Gasteiger charge is 2.39. The number of benzene rings is 1. The molecule has 142 valence electrons. The van der Waals surface area contributed by atoms with Crippen LogP contribution in [0, 0.1) is 11.8 Å². The molecule has 2 aromatic rings. The van der Waals surface area contributed by atoms with Crippen LogP contribution in [0.15, 0.2) is 42.1 Å². The molecule has 1 aromatic heterocycles. The third kappa shape index (κ3) is 3.38. The Kier molecular flexibility index (Phi) is 4.77. The van der Waals surface area contributed by atoms with E-state index in [0.29, 0.717) is 12.3 Å². The molecule has 27 heavy (non-hydrogen) atoms. The minimum atomic E-state index is 0.0599. The predicted octanol–water partition coefficient (Wildman–Crippen LogP) is 2.98. The largest absolute Gasteiger partial charge is 0.361 e. The van der Waals surface area contributed by atoms with Crippen molar-refractivity contribution in [2.24, 2.45) is 11.8 Å². The van der Waals surface area contributed by atoms with E-state index in [4.69, 9.17) is 0 Å². The summed E-state index contributed by atoms with van der Waals surface area (Å²) >= 11 is 0. The van der Waals surface area contributed by atoms with Gasteiger partial charge < -0.3 is 14.8 Å². The zero-order valence-corrected chi connectivity index (χ0v) is 16.1. The quantitative estimate of drug-likeness (QED) is 0.906. The topological polar surface area (TPSA) is 56.4 Å². The van der Waals surface area contributed by atoms with E-state index in [0.717, 1.165) is 43.4 Å². The van der Waals surface area contributed by atoms with Crippen molar-refractivity contribution in [3.05, 3.63) is 47.7 Å². The molecule has 4 rings (SSSR count). The standard InChI is InChI=1S/C22H27N3O2/c1-24(2)22(27)18-8-5-6-16-14-25(21(26)12-19(16)18)11-10-15-13-23-20-9-4-3-7-17(15)20/h3-4,7-9,13,16,19,23H,5-6,10-12,14H2,1-2H3/t16-,19+/m1/s1. The van der Waals surface area contributed by atoms with Crippen LogP contribution in [0.4, 0.5) is 0 Å². The Morgan fingerprint density at radius 3 is 2.93 bits per heavy atom. The number of fused-ring (bicyclic) bond motifs is 2. The monoisotopic (exact) mass is 365 g/mol. The van der Waals surface area contributed by atoms with Crippen LogP contribution in [0.25, 0.3) is 10.9 Å². The number of carbonyl (C=O) groups excluding carboxylic acids is 2. The summed E-state index contributed by atoms with van der Waals surface area (Å²) in [5, 5.41) is 1.24. The average Bonchev–Trinajstić information content (AvgIpc) is 3.08. The molecule has 2 atom stereocenters. The third-order valence-electron chi connectivity index (χ3n) is 6.05. The summed E-state index contributed by atoms with van der Waals surface area (Å²) < 4.78 is 0. The number of likely N-dealkylation sites (N-methyl/N-ethyl adjacent to an activating group) is 1. The molecule has 1 aromatic carbocycles.